The normalized spacial score (nSPS) is 10.8. The number of carbonyl (C=O) groups is 2. The van der Waals surface area contributed by atoms with Gasteiger partial charge >= 0.3 is 11.9 Å². The van der Waals surface area contributed by atoms with E-state index in [9.17, 15) is 9.59 Å². The first-order valence-electron chi connectivity index (χ1n) is 5.81. The van der Waals surface area contributed by atoms with E-state index < -0.39 is 5.97 Å². The van der Waals surface area contributed by atoms with Crippen LogP contribution in [-0.4, -0.2) is 25.2 Å². The molecule has 0 rings (SSSR count). The number of carbonyl (C=O) groups excluding carboxylic acids is 2. The van der Waals surface area contributed by atoms with Crippen molar-refractivity contribution in [1.29, 1.82) is 0 Å². The van der Waals surface area contributed by atoms with Crippen molar-refractivity contribution >= 4 is 11.9 Å². The second-order valence-corrected chi connectivity index (χ2v) is 3.40. The van der Waals surface area contributed by atoms with E-state index in [1.54, 1.807) is 0 Å². The van der Waals surface area contributed by atoms with Crippen molar-refractivity contribution in [3.05, 3.63) is 24.3 Å². The van der Waals surface area contributed by atoms with Gasteiger partial charge in [0.05, 0.1) is 0 Å². The zero-order valence-electron chi connectivity index (χ0n) is 10.5. The third kappa shape index (κ3) is 7.33. The first kappa shape index (κ1) is 15.4. The first-order valence-corrected chi connectivity index (χ1v) is 5.81. The molecule has 0 aliphatic heterocycles. The van der Waals surface area contributed by atoms with Crippen molar-refractivity contribution in [2.24, 2.45) is 0 Å². The molecule has 17 heavy (non-hydrogen) atoms. The van der Waals surface area contributed by atoms with Gasteiger partial charge in [-0.25, -0.2) is 9.59 Å². The molecule has 0 aromatic heterocycles. The minimum Gasteiger partial charge on any atom is -0.459 e. The number of ether oxygens (including phenoxy) is 2. The molecule has 0 saturated heterocycles. The predicted molar refractivity (Wildman–Crippen MR) is 65.4 cm³/mol. The lowest BCUT2D eigenvalue weighted by Crippen LogP contribution is -2.14. The van der Waals surface area contributed by atoms with Crippen LogP contribution in [0.25, 0.3) is 0 Å². The monoisotopic (exact) mass is 240 g/mol. The maximum Gasteiger partial charge on any atom is 0.333 e. The van der Waals surface area contributed by atoms with Gasteiger partial charge < -0.3 is 9.47 Å². The summed E-state index contributed by atoms with van der Waals surface area (Å²) in [6, 6.07) is 0. The maximum atomic E-state index is 11.6. The summed E-state index contributed by atoms with van der Waals surface area (Å²) in [4.78, 5) is 22.3. The Kier molecular flexibility index (Phi) is 8.74. The van der Waals surface area contributed by atoms with Crippen LogP contribution in [0.2, 0.25) is 0 Å². The second-order valence-electron chi connectivity index (χ2n) is 3.40. The maximum absolute atomic E-state index is 11.6. The van der Waals surface area contributed by atoms with E-state index >= 15 is 0 Å². The third-order valence-electron chi connectivity index (χ3n) is 1.96. The van der Waals surface area contributed by atoms with Gasteiger partial charge in [-0.05, 0) is 12.8 Å². The fourth-order valence-electron chi connectivity index (χ4n) is 1.23. The molecule has 0 N–H and O–H groups in total. The largest absolute Gasteiger partial charge is 0.459 e. The van der Waals surface area contributed by atoms with Gasteiger partial charge in [0, 0.05) is 11.6 Å². The van der Waals surface area contributed by atoms with Crippen molar-refractivity contribution in [2.45, 2.75) is 33.1 Å². The molecule has 0 aliphatic rings. The average molecular weight is 240 g/mol. The van der Waals surface area contributed by atoms with Crippen LogP contribution in [0.5, 0.6) is 0 Å². The Balaban J connectivity index is 3.94. The number of allylic oxidation sites excluding steroid dienone is 1. The van der Waals surface area contributed by atoms with Gasteiger partial charge in [0.15, 0.2) is 0 Å². The molecule has 0 heterocycles. The van der Waals surface area contributed by atoms with Crippen molar-refractivity contribution in [2.75, 3.05) is 13.2 Å². The zero-order chi connectivity index (χ0) is 13.1. The smallest absolute Gasteiger partial charge is 0.333 e. The van der Waals surface area contributed by atoms with Gasteiger partial charge in [0.2, 0.25) is 0 Å². The second kappa shape index (κ2) is 9.63. The van der Waals surface area contributed by atoms with E-state index in [1.807, 2.05) is 19.9 Å². The summed E-state index contributed by atoms with van der Waals surface area (Å²) in [5.74, 6) is -0.845. The Morgan fingerprint density at radius 3 is 2.35 bits per heavy atom. The molecule has 4 nitrogen and oxygen atoms in total. The van der Waals surface area contributed by atoms with E-state index in [0.717, 1.165) is 18.9 Å². The lowest BCUT2D eigenvalue weighted by molar-refractivity contribution is -0.146. The van der Waals surface area contributed by atoms with Crippen molar-refractivity contribution in [3.8, 4) is 0 Å². The van der Waals surface area contributed by atoms with Crippen molar-refractivity contribution in [3.63, 3.8) is 0 Å². The Bertz CT molecular complexity index is 292. The van der Waals surface area contributed by atoms with Gasteiger partial charge in [-0.15, -0.1) is 0 Å². The van der Waals surface area contributed by atoms with Crippen molar-refractivity contribution in [1.82, 2.24) is 0 Å². The molecule has 0 spiro atoms. The van der Waals surface area contributed by atoms with Crippen LogP contribution in [0.3, 0.4) is 0 Å². The Hall–Kier alpha value is -1.58. The SMILES string of the molecule is C=CC(=O)OCCOC(=O)C(=CCC)CCC. The van der Waals surface area contributed by atoms with Crippen LogP contribution < -0.4 is 0 Å². The Morgan fingerprint density at radius 2 is 1.82 bits per heavy atom. The number of rotatable bonds is 8. The lowest BCUT2D eigenvalue weighted by atomic mass is 10.1. The van der Waals surface area contributed by atoms with Crippen LogP contribution >= 0.6 is 0 Å². The topological polar surface area (TPSA) is 52.6 Å². The summed E-state index contributed by atoms with van der Waals surface area (Å²) in [5.41, 5.74) is 0.685. The molecular weight excluding hydrogens is 220 g/mol. The lowest BCUT2D eigenvalue weighted by Gasteiger charge is -2.07. The highest BCUT2D eigenvalue weighted by Gasteiger charge is 2.09. The number of hydrogen-bond donors (Lipinski definition) is 0. The molecule has 96 valence electrons. The standard InChI is InChI=1S/C13H20O4/c1-4-7-11(8-5-2)13(15)17-10-9-16-12(14)6-3/h6-7H,3-5,8-10H2,1-2H3. The highest BCUT2D eigenvalue weighted by molar-refractivity contribution is 5.88. The quantitative estimate of drug-likeness (QED) is 0.371. The Labute approximate surface area is 102 Å². The van der Waals surface area contributed by atoms with Crippen molar-refractivity contribution < 1.29 is 19.1 Å². The van der Waals surface area contributed by atoms with E-state index in [0.29, 0.717) is 12.0 Å². The van der Waals surface area contributed by atoms with Crippen LogP contribution in [0.15, 0.2) is 24.3 Å². The molecule has 0 atom stereocenters. The highest BCUT2D eigenvalue weighted by atomic mass is 16.6. The van der Waals surface area contributed by atoms with Crippen LogP contribution in [0.4, 0.5) is 0 Å². The first-order chi connectivity index (χ1) is 8.15. The summed E-state index contributed by atoms with van der Waals surface area (Å²) >= 11 is 0. The molecule has 4 heteroatoms. The summed E-state index contributed by atoms with van der Waals surface area (Å²) in [6.07, 6.45) is 5.34. The molecular formula is C13H20O4. The molecule has 0 aromatic carbocycles. The summed E-state index contributed by atoms with van der Waals surface area (Å²) < 4.78 is 9.67. The molecule has 0 fully saturated rings. The predicted octanol–water partition coefficient (Wildman–Crippen LogP) is 2.40. The summed E-state index contributed by atoms with van der Waals surface area (Å²) in [5, 5.41) is 0. The average Bonchev–Trinajstić information content (AvgIpc) is 2.33. The molecule has 0 aromatic rings. The molecule has 0 radical (unpaired) electrons. The number of esters is 2. The molecule has 0 aliphatic carbocycles. The van der Waals surface area contributed by atoms with Crippen LogP contribution in [0, 0.1) is 0 Å². The van der Waals surface area contributed by atoms with E-state index in [1.165, 1.54) is 0 Å². The number of hydrogen-bond acceptors (Lipinski definition) is 4. The molecule has 0 amide bonds. The van der Waals surface area contributed by atoms with Gasteiger partial charge in [0.25, 0.3) is 0 Å². The van der Waals surface area contributed by atoms with Gasteiger partial charge in [0.1, 0.15) is 13.2 Å². The van der Waals surface area contributed by atoms with E-state index in [4.69, 9.17) is 4.74 Å². The highest BCUT2D eigenvalue weighted by Crippen LogP contribution is 2.08. The summed E-state index contributed by atoms with van der Waals surface area (Å²) in [6.45, 7) is 7.36. The minimum atomic E-state index is -0.515. The minimum absolute atomic E-state index is 0.0577. The summed E-state index contributed by atoms with van der Waals surface area (Å²) in [7, 11) is 0. The van der Waals surface area contributed by atoms with Gasteiger partial charge in [-0.2, -0.15) is 0 Å². The molecule has 0 bridgehead atoms. The Morgan fingerprint density at radius 1 is 1.18 bits per heavy atom. The van der Waals surface area contributed by atoms with Gasteiger partial charge in [-0.3, -0.25) is 0 Å². The zero-order valence-corrected chi connectivity index (χ0v) is 10.5. The third-order valence-corrected chi connectivity index (χ3v) is 1.96. The molecule has 0 unspecified atom stereocenters. The van der Waals surface area contributed by atoms with E-state index in [2.05, 4.69) is 11.3 Å². The van der Waals surface area contributed by atoms with Crippen LogP contribution in [-0.2, 0) is 19.1 Å². The van der Waals surface area contributed by atoms with Gasteiger partial charge in [-0.1, -0.05) is 32.9 Å². The van der Waals surface area contributed by atoms with Crippen LogP contribution in [0.1, 0.15) is 33.1 Å². The fourth-order valence-corrected chi connectivity index (χ4v) is 1.23. The molecule has 0 saturated carbocycles. The fraction of sp³-hybridized carbons (Fsp3) is 0.538. The van der Waals surface area contributed by atoms with E-state index in [-0.39, 0.29) is 19.2 Å².